The van der Waals surface area contributed by atoms with Crippen LogP contribution in [-0.2, 0) is 12.0 Å². The summed E-state index contributed by atoms with van der Waals surface area (Å²) in [5.41, 5.74) is 4.84. The van der Waals surface area contributed by atoms with E-state index in [2.05, 4.69) is 50.0 Å². The van der Waals surface area contributed by atoms with E-state index in [0.29, 0.717) is 16.6 Å². The lowest BCUT2D eigenvalue weighted by atomic mass is 9.86. The van der Waals surface area contributed by atoms with Gasteiger partial charge in [-0.25, -0.2) is 13.6 Å². The maximum Gasteiger partial charge on any atom is 0.326 e. The molecule has 0 bridgehead atoms. The van der Waals surface area contributed by atoms with E-state index in [1.165, 1.54) is 22.3 Å². The standard InChI is InChI=1S/C24H22F2N2O/c1-24(2,3)18-7-4-16(5-8-18)17-6-9-22-21(12-17)27-23(29)28(22)14-15-10-19(25)13-20(26)11-15/h4-13H,14H2,1-3H3,(H,27,29). The van der Waals surface area contributed by atoms with Gasteiger partial charge in [-0.15, -0.1) is 0 Å². The molecule has 0 amide bonds. The number of hydrogen-bond donors (Lipinski definition) is 1. The predicted molar refractivity (Wildman–Crippen MR) is 112 cm³/mol. The van der Waals surface area contributed by atoms with Crippen LogP contribution < -0.4 is 5.69 Å². The summed E-state index contributed by atoms with van der Waals surface area (Å²) in [6.45, 7) is 6.61. The van der Waals surface area contributed by atoms with Gasteiger partial charge < -0.3 is 4.98 Å². The molecule has 5 heteroatoms. The minimum atomic E-state index is -0.658. The van der Waals surface area contributed by atoms with Gasteiger partial charge in [0.1, 0.15) is 11.6 Å². The average Bonchev–Trinajstić information content (AvgIpc) is 2.95. The first-order chi connectivity index (χ1) is 13.7. The van der Waals surface area contributed by atoms with Gasteiger partial charge >= 0.3 is 5.69 Å². The smallest absolute Gasteiger partial charge is 0.306 e. The fourth-order valence-electron chi connectivity index (χ4n) is 3.55. The Morgan fingerprint density at radius 1 is 0.862 bits per heavy atom. The Hall–Kier alpha value is -3.21. The number of fused-ring (bicyclic) bond motifs is 1. The van der Waals surface area contributed by atoms with Crippen LogP contribution in [0.1, 0.15) is 31.9 Å². The number of aromatic nitrogens is 2. The summed E-state index contributed by atoms with van der Waals surface area (Å²) >= 11 is 0. The minimum absolute atomic E-state index is 0.0847. The molecule has 0 saturated carbocycles. The monoisotopic (exact) mass is 392 g/mol. The zero-order valence-electron chi connectivity index (χ0n) is 16.6. The molecule has 3 nitrogen and oxygen atoms in total. The molecule has 0 spiro atoms. The molecular formula is C24H22F2N2O. The Balaban J connectivity index is 1.70. The van der Waals surface area contributed by atoms with Crippen LogP contribution in [0.3, 0.4) is 0 Å². The normalized spacial score (nSPS) is 11.9. The molecule has 0 aliphatic carbocycles. The molecule has 148 valence electrons. The van der Waals surface area contributed by atoms with Gasteiger partial charge in [0.25, 0.3) is 0 Å². The maximum atomic E-state index is 13.5. The Bertz CT molecular complexity index is 1220. The number of halogens is 2. The van der Waals surface area contributed by atoms with Gasteiger partial charge in [-0.2, -0.15) is 0 Å². The SMILES string of the molecule is CC(C)(C)c1ccc(-c2ccc3c(c2)[nH]c(=O)n3Cc2cc(F)cc(F)c2)cc1. The molecule has 0 aliphatic heterocycles. The van der Waals surface area contributed by atoms with E-state index >= 15 is 0 Å². The van der Waals surface area contributed by atoms with Crippen LogP contribution in [0.15, 0.2) is 65.5 Å². The van der Waals surface area contributed by atoms with Crippen molar-refractivity contribution in [2.75, 3.05) is 0 Å². The fourth-order valence-corrected chi connectivity index (χ4v) is 3.55. The average molecular weight is 392 g/mol. The lowest BCUT2D eigenvalue weighted by molar-refractivity contribution is 0.577. The number of H-pyrrole nitrogens is 1. The van der Waals surface area contributed by atoms with Crippen molar-refractivity contribution >= 4 is 11.0 Å². The zero-order chi connectivity index (χ0) is 20.8. The first kappa shape index (κ1) is 19.1. The number of imidazole rings is 1. The molecule has 0 aliphatic rings. The second-order valence-electron chi connectivity index (χ2n) is 8.35. The van der Waals surface area contributed by atoms with Crippen LogP contribution in [0, 0.1) is 11.6 Å². The van der Waals surface area contributed by atoms with Gasteiger partial charge in [0.15, 0.2) is 0 Å². The van der Waals surface area contributed by atoms with E-state index in [9.17, 15) is 13.6 Å². The quantitative estimate of drug-likeness (QED) is 0.483. The molecule has 1 N–H and O–H groups in total. The molecule has 0 unspecified atom stereocenters. The summed E-state index contributed by atoms with van der Waals surface area (Å²) < 4.78 is 28.4. The number of rotatable bonds is 3. The van der Waals surface area contributed by atoms with Crippen molar-refractivity contribution in [2.45, 2.75) is 32.7 Å². The summed E-state index contributed by atoms with van der Waals surface area (Å²) in [5, 5.41) is 0. The van der Waals surface area contributed by atoms with Gasteiger partial charge in [-0.05, 0) is 51.9 Å². The highest BCUT2D eigenvalue weighted by molar-refractivity contribution is 5.82. The molecule has 29 heavy (non-hydrogen) atoms. The van der Waals surface area contributed by atoms with E-state index in [4.69, 9.17) is 0 Å². The third kappa shape index (κ3) is 3.86. The molecule has 0 fully saturated rings. The van der Waals surface area contributed by atoms with Gasteiger partial charge in [0.05, 0.1) is 17.6 Å². The van der Waals surface area contributed by atoms with Crippen molar-refractivity contribution in [3.63, 3.8) is 0 Å². The molecular weight excluding hydrogens is 370 g/mol. The van der Waals surface area contributed by atoms with Gasteiger partial charge in [0.2, 0.25) is 0 Å². The number of benzene rings is 3. The van der Waals surface area contributed by atoms with Crippen LogP contribution in [0.5, 0.6) is 0 Å². The number of nitrogens with one attached hydrogen (secondary N) is 1. The molecule has 4 aromatic rings. The van der Waals surface area contributed by atoms with Crippen molar-refractivity contribution in [1.82, 2.24) is 9.55 Å². The Morgan fingerprint density at radius 3 is 2.10 bits per heavy atom. The van der Waals surface area contributed by atoms with Crippen LogP contribution >= 0.6 is 0 Å². The second kappa shape index (κ2) is 6.99. The van der Waals surface area contributed by atoms with Crippen molar-refractivity contribution in [3.05, 3.63) is 93.9 Å². The van der Waals surface area contributed by atoms with Gasteiger partial charge in [0, 0.05) is 6.07 Å². The van der Waals surface area contributed by atoms with Crippen molar-refractivity contribution in [2.24, 2.45) is 0 Å². The molecule has 1 heterocycles. The number of nitrogens with zero attached hydrogens (tertiary/aromatic N) is 1. The van der Waals surface area contributed by atoms with Crippen molar-refractivity contribution < 1.29 is 8.78 Å². The first-order valence-electron chi connectivity index (χ1n) is 9.49. The number of hydrogen-bond acceptors (Lipinski definition) is 1. The van der Waals surface area contributed by atoms with Gasteiger partial charge in [-0.1, -0.05) is 51.1 Å². The summed E-state index contributed by atoms with van der Waals surface area (Å²) in [5.74, 6) is -1.32. The highest BCUT2D eigenvalue weighted by Crippen LogP contribution is 2.27. The van der Waals surface area contributed by atoms with Crippen molar-refractivity contribution in [3.8, 4) is 11.1 Å². The van der Waals surface area contributed by atoms with Crippen LogP contribution in [0.2, 0.25) is 0 Å². The van der Waals surface area contributed by atoms with Crippen molar-refractivity contribution in [1.29, 1.82) is 0 Å². The van der Waals surface area contributed by atoms with E-state index in [0.717, 1.165) is 17.2 Å². The lowest BCUT2D eigenvalue weighted by Gasteiger charge is -2.19. The molecule has 1 aromatic heterocycles. The topological polar surface area (TPSA) is 37.8 Å². The van der Waals surface area contributed by atoms with E-state index in [1.807, 2.05) is 18.2 Å². The highest BCUT2D eigenvalue weighted by atomic mass is 19.1. The summed E-state index contributed by atoms with van der Waals surface area (Å²) in [6, 6.07) is 17.4. The Kier molecular flexibility index (Phi) is 4.61. The second-order valence-corrected chi connectivity index (χ2v) is 8.35. The molecule has 3 aromatic carbocycles. The first-order valence-corrected chi connectivity index (χ1v) is 9.49. The summed E-state index contributed by atoms with van der Waals surface area (Å²) in [6.07, 6.45) is 0. The Morgan fingerprint density at radius 2 is 1.48 bits per heavy atom. The fraction of sp³-hybridized carbons (Fsp3) is 0.208. The molecule has 4 rings (SSSR count). The molecule has 0 radical (unpaired) electrons. The maximum absolute atomic E-state index is 13.5. The molecule has 0 atom stereocenters. The summed E-state index contributed by atoms with van der Waals surface area (Å²) in [4.78, 5) is 15.3. The van der Waals surface area contributed by atoms with E-state index < -0.39 is 11.6 Å². The number of aromatic amines is 1. The minimum Gasteiger partial charge on any atom is -0.306 e. The molecule has 0 saturated heterocycles. The predicted octanol–water partition coefficient (Wildman–Crippen LogP) is 5.62. The zero-order valence-corrected chi connectivity index (χ0v) is 16.6. The van der Waals surface area contributed by atoms with Crippen LogP contribution in [0.25, 0.3) is 22.2 Å². The lowest BCUT2D eigenvalue weighted by Crippen LogP contribution is -2.17. The van der Waals surface area contributed by atoms with Crippen LogP contribution in [-0.4, -0.2) is 9.55 Å². The third-order valence-electron chi connectivity index (χ3n) is 5.12. The Labute approximate surface area is 167 Å². The largest absolute Gasteiger partial charge is 0.326 e. The van der Waals surface area contributed by atoms with Crippen LogP contribution in [0.4, 0.5) is 8.78 Å². The van der Waals surface area contributed by atoms with Gasteiger partial charge in [-0.3, -0.25) is 4.57 Å². The van der Waals surface area contributed by atoms with E-state index in [1.54, 1.807) is 0 Å². The summed E-state index contributed by atoms with van der Waals surface area (Å²) in [7, 11) is 0. The van der Waals surface area contributed by atoms with E-state index in [-0.39, 0.29) is 17.6 Å². The highest BCUT2D eigenvalue weighted by Gasteiger charge is 2.14. The third-order valence-corrected chi connectivity index (χ3v) is 5.12.